The van der Waals surface area contributed by atoms with E-state index in [2.05, 4.69) is 0 Å². The van der Waals surface area contributed by atoms with Gasteiger partial charge in [-0.2, -0.15) is 0 Å². The minimum absolute atomic E-state index is 0.0913. The number of carboxylic acids is 1. The van der Waals surface area contributed by atoms with Gasteiger partial charge in [-0.05, 0) is 11.6 Å². The van der Waals surface area contributed by atoms with E-state index in [1.54, 1.807) is 24.3 Å². The minimum Gasteiger partial charge on any atom is -0.480 e. The molecule has 1 aliphatic heterocycles. The molecule has 0 radical (unpaired) electrons. The third-order valence-electron chi connectivity index (χ3n) is 3.05. The maximum atomic E-state index is 11.6. The number of carboxylic acid groups (broad SMARTS) is 1. The predicted octanol–water partition coefficient (Wildman–Crippen LogP) is 1.14. The van der Waals surface area contributed by atoms with Crippen LogP contribution in [0.15, 0.2) is 24.3 Å². The summed E-state index contributed by atoms with van der Waals surface area (Å²) in [4.78, 5) is 35.3. The molecule has 1 aromatic carbocycles. The van der Waals surface area contributed by atoms with Gasteiger partial charge in [0.05, 0.1) is 13.0 Å². The average Bonchev–Trinajstić information content (AvgIpc) is 2.67. The molecule has 19 heavy (non-hydrogen) atoms. The number of likely N-dealkylation sites (tertiary alicyclic amines) is 1. The molecule has 1 heterocycles. The summed E-state index contributed by atoms with van der Waals surface area (Å²) in [6.45, 7) is -0.139. The molecule has 2 rings (SSSR count). The van der Waals surface area contributed by atoms with Gasteiger partial charge in [0.2, 0.25) is 5.91 Å². The van der Waals surface area contributed by atoms with E-state index in [0.29, 0.717) is 10.6 Å². The molecule has 1 atom stereocenters. The van der Waals surface area contributed by atoms with Gasteiger partial charge in [0.25, 0.3) is 0 Å². The van der Waals surface area contributed by atoms with Crippen molar-refractivity contribution in [2.75, 3.05) is 6.54 Å². The largest absolute Gasteiger partial charge is 0.480 e. The van der Waals surface area contributed by atoms with Crippen LogP contribution in [-0.4, -0.2) is 40.3 Å². The SMILES string of the molecule is O=C1CC(=O)N([C@@H](Cc2ccccc2Cl)C(=O)O)C1. The van der Waals surface area contributed by atoms with Crippen LogP contribution in [0.2, 0.25) is 5.02 Å². The van der Waals surface area contributed by atoms with Crippen LogP contribution < -0.4 is 0 Å². The lowest BCUT2D eigenvalue weighted by molar-refractivity contribution is -0.148. The maximum absolute atomic E-state index is 11.6. The van der Waals surface area contributed by atoms with Gasteiger partial charge in [0, 0.05) is 11.4 Å². The van der Waals surface area contributed by atoms with Crippen LogP contribution in [0.3, 0.4) is 0 Å². The lowest BCUT2D eigenvalue weighted by atomic mass is 10.0. The number of hydrogen-bond acceptors (Lipinski definition) is 3. The summed E-state index contributed by atoms with van der Waals surface area (Å²) in [5.41, 5.74) is 0.642. The highest BCUT2D eigenvalue weighted by atomic mass is 35.5. The number of hydrogen-bond donors (Lipinski definition) is 1. The highest BCUT2D eigenvalue weighted by Gasteiger charge is 2.36. The molecule has 0 saturated carbocycles. The molecule has 1 N–H and O–H groups in total. The monoisotopic (exact) mass is 281 g/mol. The van der Waals surface area contributed by atoms with Crippen LogP contribution in [-0.2, 0) is 20.8 Å². The molecule has 0 aromatic heterocycles. The standard InChI is InChI=1S/C13H12ClNO4/c14-10-4-2-1-3-8(10)5-11(13(18)19)15-7-9(16)6-12(15)17/h1-4,11H,5-7H2,(H,18,19)/t11-/m0/s1. The number of halogens is 1. The second kappa shape index (κ2) is 5.40. The van der Waals surface area contributed by atoms with E-state index in [9.17, 15) is 19.5 Å². The zero-order valence-electron chi connectivity index (χ0n) is 10.0. The van der Waals surface area contributed by atoms with Crippen LogP contribution in [0.25, 0.3) is 0 Å². The van der Waals surface area contributed by atoms with Crippen LogP contribution in [0.4, 0.5) is 0 Å². The Balaban J connectivity index is 2.22. The Kier molecular flexibility index (Phi) is 3.85. The second-order valence-corrected chi connectivity index (χ2v) is 4.79. The molecular formula is C13H12ClNO4. The maximum Gasteiger partial charge on any atom is 0.326 e. The van der Waals surface area contributed by atoms with Gasteiger partial charge in [-0.1, -0.05) is 29.8 Å². The molecule has 1 aliphatic rings. The summed E-state index contributed by atoms with van der Waals surface area (Å²) in [7, 11) is 0. The first-order valence-electron chi connectivity index (χ1n) is 5.76. The van der Waals surface area contributed by atoms with Crippen LogP contribution in [0, 0.1) is 0 Å². The highest BCUT2D eigenvalue weighted by Crippen LogP contribution is 2.21. The first kappa shape index (κ1) is 13.5. The number of carbonyl (C=O) groups is 3. The Morgan fingerprint density at radius 3 is 2.58 bits per heavy atom. The molecule has 1 amide bonds. The smallest absolute Gasteiger partial charge is 0.326 e. The lowest BCUT2D eigenvalue weighted by Gasteiger charge is -2.23. The number of aliphatic carboxylic acids is 1. The predicted molar refractivity (Wildman–Crippen MR) is 67.9 cm³/mol. The number of ketones is 1. The number of carbonyl (C=O) groups excluding carboxylic acids is 2. The van der Waals surface area contributed by atoms with Crippen molar-refractivity contribution >= 4 is 29.3 Å². The van der Waals surface area contributed by atoms with Crippen molar-refractivity contribution in [3.63, 3.8) is 0 Å². The molecule has 0 spiro atoms. The summed E-state index contributed by atoms with van der Waals surface area (Å²) < 4.78 is 0. The third-order valence-corrected chi connectivity index (χ3v) is 3.42. The summed E-state index contributed by atoms with van der Waals surface area (Å²) in [5.74, 6) is -1.83. The average molecular weight is 282 g/mol. The van der Waals surface area contributed by atoms with Crippen molar-refractivity contribution in [1.82, 2.24) is 4.90 Å². The Labute approximate surface area is 114 Å². The van der Waals surface area contributed by atoms with Crippen LogP contribution in [0.1, 0.15) is 12.0 Å². The molecule has 1 aromatic rings. The van der Waals surface area contributed by atoms with E-state index in [0.717, 1.165) is 4.90 Å². The molecule has 0 bridgehead atoms. The van der Waals surface area contributed by atoms with Crippen molar-refractivity contribution < 1.29 is 19.5 Å². The molecule has 1 saturated heterocycles. The lowest BCUT2D eigenvalue weighted by Crippen LogP contribution is -2.43. The topological polar surface area (TPSA) is 74.7 Å². The molecular weight excluding hydrogens is 270 g/mol. The highest BCUT2D eigenvalue weighted by molar-refractivity contribution is 6.31. The molecule has 100 valence electrons. The fourth-order valence-corrected chi connectivity index (χ4v) is 2.30. The Morgan fingerprint density at radius 1 is 1.37 bits per heavy atom. The van der Waals surface area contributed by atoms with E-state index >= 15 is 0 Å². The van der Waals surface area contributed by atoms with E-state index < -0.39 is 17.9 Å². The van der Waals surface area contributed by atoms with Crippen molar-refractivity contribution in [2.45, 2.75) is 18.9 Å². The second-order valence-electron chi connectivity index (χ2n) is 4.39. The van der Waals surface area contributed by atoms with Gasteiger partial charge < -0.3 is 10.0 Å². The van der Waals surface area contributed by atoms with E-state index in [1.807, 2.05) is 0 Å². The van der Waals surface area contributed by atoms with Gasteiger partial charge in [0.15, 0.2) is 5.78 Å². The summed E-state index contributed by atoms with van der Waals surface area (Å²) in [6, 6.07) is 5.80. The van der Waals surface area contributed by atoms with Crippen molar-refractivity contribution in [3.8, 4) is 0 Å². The van der Waals surface area contributed by atoms with Crippen molar-refractivity contribution in [3.05, 3.63) is 34.9 Å². The Bertz CT molecular complexity index is 543. The molecule has 0 unspecified atom stereocenters. The molecule has 0 aliphatic carbocycles. The van der Waals surface area contributed by atoms with E-state index in [1.165, 1.54) is 0 Å². The number of amides is 1. The number of benzene rings is 1. The van der Waals surface area contributed by atoms with Gasteiger partial charge in [-0.3, -0.25) is 9.59 Å². The first-order chi connectivity index (χ1) is 8.99. The number of nitrogens with zero attached hydrogens (tertiary/aromatic N) is 1. The number of Topliss-reactive ketones (excluding diaryl/α,β-unsaturated/α-hetero) is 1. The van der Waals surface area contributed by atoms with Crippen LogP contribution in [0.5, 0.6) is 0 Å². The zero-order chi connectivity index (χ0) is 14.0. The van der Waals surface area contributed by atoms with Crippen molar-refractivity contribution in [2.24, 2.45) is 0 Å². The van der Waals surface area contributed by atoms with Crippen molar-refractivity contribution in [1.29, 1.82) is 0 Å². The number of rotatable bonds is 4. The van der Waals surface area contributed by atoms with Gasteiger partial charge in [0.1, 0.15) is 6.04 Å². The summed E-state index contributed by atoms with van der Waals surface area (Å²) >= 11 is 5.98. The van der Waals surface area contributed by atoms with E-state index in [4.69, 9.17) is 11.6 Å². The quantitative estimate of drug-likeness (QED) is 0.840. The Morgan fingerprint density at radius 2 is 2.05 bits per heavy atom. The van der Waals surface area contributed by atoms with E-state index in [-0.39, 0.29) is 25.2 Å². The third kappa shape index (κ3) is 2.93. The van der Waals surface area contributed by atoms with Gasteiger partial charge in [-0.15, -0.1) is 0 Å². The first-order valence-corrected chi connectivity index (χ1v) is 6.14. The fourth-order valence-electron chi connectivity index (χ4n) is 2.09. The minimum atomic E-state index is -1.14. The zero-order valence-corrected chi connectivity index (χ0v) is 10.8. The summed E-state index contributed by atoms with van der Waals surface area (Å²) in [5, 5.41) is 9.69. The van der Waals surface area contributed by atoms with Crippen LogP contribution >= 0.6 is 11.6 Å². The fraction of sp³-hybridized carbons (Fsp3) is 0.308. The summed E-state index contributed by atoms with van der Waals surface area (Å²) in [6.07, 6.45) is -0.125. The molecule has 6 heteroatoms. The van der Waals surface area contributed by atoms with Gasteiger partial charge >= 0.3 is 5.97 Å². The normalized spacial score (nSPS) is 16.8. The van der Waals surface area contributed by atoms with Gasteiger partial charge in [-0.25, -0.2) is 4.79 Å². The Hall–Kier alpha value is -1.88. The molecule has 5 nitrogen and oxygen atoms in total. The molecule has 1 fully saturated rings.